The summed E-state index contributed by atoms with van der Waals surface area (Å²) in [7, 11) is 0. The molecule has 0 aliphatic carbocycles. The summed E-state index contributed by atoms with van der Waals surface area (Å²) in [6.45, 7) is 15.7. The number of aromatic nitrogens is 20. The van der Waals surface area contributed by atoms with Crippen molar-refractivity contribution in [3.8, 4) is 45.5 Å². The molecule has 0 fully saturated rings. The summed E-state index contributed by atoms with van der Waals surface area (Å²) in [4.78, 5) is 35.2. The Morgan fingerprint density at radius 1 is 0.258 bits per heavy atom. The molecule has 36 heteroatoms. The van der Waals surface area contributed by atoms with Crippen molar-refractivity contribution in [3.05, 3.63) is 266 Å². The number of fused-ring (bicyclic) bond motifs is 20. The summed E-state index contributed by atoms with van der Waals surface area (Å²) in [6.07, 6.45) is 22.5. The Morgan fingerprint density at radius 3 is 0.742 bits per heavy atom. The first-order valence-electron chi connectivity index (χ1n) is 38.7. The van der Waals surface area contributed by atoms with E-state index in [2.05, 4.69) is 169 Å². The smallest absolute Gasteiger partial charge is 0.375 e. The minimum atomic E-state index is -0.198. The summed E-state index contributed by atoms with van der Waals surface area (Å²) in [5.41, 5.74) is 28.4. The van der Waals surface area contributed by atoms with Gasteiger partial charge in [-0.1, -0.05) is 24.8 Å². The fraction of sp³-hybridized carbons (Fsp3) is 0.0909. The molecule has 0 atom stereocenters. The predicted octanol–water partition coefficient (Wildman–Crippen LogP) is 9.08. The van der Waals surface area contributed by atoms with E-state index in [1.54, 1.807) is 71.8 Å². The number of hydrogen-bond donors (Lipinski definition) is 0. The molecule has 0 spiro atoms. The van der Waals surface area contributed by atoms with Gasteiger partial charge in [-0.15, -0.1) is 90.9 Å². The Kier molecular flexibility index (Phi) is 21.1. The molecular weight excluding hydrogens is 2420 g/mol. The van der Waals surface area contributed by atoms with Crippen LogP contribution < -0.4 is 65.6 Å². The minimum absolute atomic E-state index is 0. The second kappa shape index (κ2) is 31.7. The van der Waals surface area contributed by atoms with Gasteiger partial charge in [-0.25, -0.2) is 0 Å². The topological polar surface area (TPSA) is 194 Å². The van der Waals surface area contributed by atoms with Crippen molar-refractivity contribution in [1.82, 2.24) is 98.2 Å². The number of hydrogen-bond acceptors (Lipinski definition) is 20. The molecule has 20 heterocycles. The molecule has 0 saturated heterocycles. The van der Waals surface area contributed by atoms with Gasteiger partial charge in [0.1, 0.15) is 0 Å². The van der Waals surface area contributed by atoms with E-state index in [1.165, 1.54) is 61.0 Å². The standard InChI is InChI=1S/C48H34B2N10S4.C40H18B2N10S4.4Pt/c1-23-13-27(5)57(53-23)31-9-11-39-35(17-31)49-37-19-33(59-29(7)15-25(3)55-59)21-51-47(37)63-45-41(49)43(61-39)44-42-46(45)64-48-38(20-34(22-52-48)60-30(8)16-26(4)56-60)50(42)36-18-32(10-12-40(36)62-44)58-28(6)14-24(2)54-58;1-9-45-49(13-1)23-5-7-31-27(17-23)41-29-19-25(51-15-3-11-47-51)21-43-39(29)55-37-33(41)35(53-31)36-34-38(37)56-40-30(20-26(22-44-40)52-16-4-12-48-52)42(34)28-18-24(6-8-32(28)54-36)50-14-2-10-46-50;;;;/h9-16,21-22H,1-8H3;1-16,21-22H;;;;/q2*-4;4*+2. The van der Waals surface area contributed by atoms with E-state index in [0.29, 0.717) is 0 Å². The minimum Gasteiger partial charge on any atom is -0.375 e. The molecule has 20 nitrogen and oxygen atoms in total. The number of pyridine rings is 4. The number of rotatable bonds is 8. The molecule has 6 aromatic carbocycles. The van der Waals surface area contributed by atoms with Crippen LogP contribution in [0.2, 0.25) is 0 Å². The van der Waals surface area contributed by atoms with Gasteiger partial charge < -0.3 is 19.9 Å². The average Bonchev–Trinajstić information content (AvgIpc) is 1.59. The summed E-state index contributed by atoms with van der Waals surface area (Å²) < 4.78 is 15.3. The van der Waals surface area contributed by atoms with Crippen molar-refractivity contribution in [3.63, 3.8) is 0 Å². The zero-order valence-electron chi connectivity index (χ0n) is 66.0. The maximum Gasteiger partial charge on any atom is 2.00 e. The van der Waals surface area contributed by atoms with Gasteiger partial charge in [-0.3, -0.25) is 37.5 Å². The molecule has 0 saturated carbocycles. The van der Waals surface area contributed by atoms with Gasteiger partial charge in [0.05, 0.1) is 22.8 Å². The maximum absolute atomic E-state index is 5.25. The molecule has 26 rings (SSSR count). The van der Waals surface area contributed by atoms with Crippen LogP contribution in [0.5, 0.6) is 0 Å². The van der Waals surface area contributed by atoms with Crippen molar-refractivity contribution in [1.29, 1.82) is 0 Å². The molecule has 8 aliphatic heterocycles. The molecule has 18 aromatic rings. The molecule has 0 radical (unpaired) electrons. The van der Waals surface area contributed by atoms with Gasteiger partial charge >= 0.3 is 84.3 Å². The van der Waals surface area contributed by atoms with Crippen molar-refractivity contribution < 1.29 is 84.3 Å². The van der Waals surface area contributed by atoms with Crippen LogP contribution in [0.3, 0.4) is 0 Å². The Morgan fingerprint density at radius 2 is 0.484 bits per heavy atom. The van der Waals surface area contributed by atoms with E-state index in [-0.39, 0.29) is 111 Å². The quantitative estimate of drug-likeness (QED) is 0.103. The predicted molar refractivity (Wildman–Crippen MR) is 473 cm³/mol. The van der Waals surface area contributed by atoms with Gasteiger partial charge in [0.2, 0.25) is 0 Å². The van der Waals surface area contributed by atoms with Crippen molar-refractivity contribution in [2.75, 3.05) is 0 Å². The molecule has 0 bridgehead atoms. The fourth-order valence-corrected chi connectivity index (χ4v) is 28.2. The van der Waals surface area contributed by atoms with Crippen LogP contribution in [-0.4, -0.2) is 125 Å². The van der Waals surface area contributed by atoms with E-state index >= 15 is 0 Å². The van der Waals surface area contributed by atoms with Crippen molar-refractivity contribution in [2.45, 2.75) is 134 Å². The van der Waals surface area contributed by atoms with E-state index in [1.807, 2.05) is 186 Å². The number of aryl methyl sites for hydroxylation is 8. The Balaban J connectivity index is 0.000000148. The second-order valence-electron chi connectivity index (χ2n) is 30.4. The Hall–Kier alpha value is -8.59. The van der Waals surface area contributed by atoms with Gasteiger partial charge in [0, 0.05) is 112 Å². The van der Waals surface area contributed by atoms with E-state index in [4.69, 9.17) is 40.3 Å². The largest absolute Gasteiger partial charge is 2.00 e. The van der Waals surface area contributed by atoms with Crippen LogP contribution in [0, 0.1) is 104 Å². The zero-order valence-corrected chi connectivity index (χ0v) is 81.6. The summed E-state index contributed by atoms with van der Waals surface area (Å²) >= 11 is 14.3. The van der Waals surface area contributed by atoms with E-state index < -0.39 is 0 Å². The van der Waals surface area contributed by atoms with Crippen LogP contribution in [0.25, 0.3) is 45.5 Å². The van der Waals surface area contributed by atoms with Crippen LogP contribution >= 0.6 is 94.1 Å². The van der Waals surface area contributed by atoms with Gasteiger partial charge in [-0.2, -0.15) is 204 Å². The van der Waals surface area contributed by atoms with Gasteiger partial charge in [0.15, 0.2) is 26.9 Å². The molecule has 124 heavy (non-hydrogen) atoms. The SMILES string of the molecule is Cc1cc(C)n(-c2[c-]c3c(cc2)Sc2c4c5c(c6c2B3c2[c-]c(-n3nc(C)cc3C)cnc2S6)Sc2ncc(-n3nc(C)cc3C)[c-]c2B5c2[c-]c(-n3nc(C)cc3C)ccc2S4)n1.[Pt+2].[Pt+2].[Pt+2].[Pt+2].[c-]1c(-n2cccn2)ccc2c1B1c3[c-]c(-n4cccn4)cnc3Sc3c4c5c(c(c31)S2)Sc1ccc(-n2cccn2)[c-]c1B5c1[c-]c(-n2cccn2)cnc1S4. The monoisotopic (exact) mass is 2470 g/mol. The van der Waals surface area contributed by atoms with E-state index in [9.17, 15) is 0 Å². The molecule has 604 valence electrons. The fourth-order valence-electron chi connectivity index (χ4n) is 17.8. The van der Waals surface area contributed by atoms with Crippen molar-refractivity contribution in [2.24, 2.45) is 0 Å². The van der Waals surface area contributed by atoms with Gasteiger partial charge in [-0.05, 0) is 191 Å². The first-order chi connectivity index (χ1) is 58.7. The maximum atomic E-state index is 5.25. The summed E-state index contributed by atoms with van der Waals surface area (Å²) in [6, 6.07) is 64.5. The summed E-state index contributed by atoms with van der Waals surface area (Å²) in [5, 5.41) is 41.3. The third-order valence-electron chi connectivity index (χ3n) is 22.7. The summed E-state index contributed by atoms with van der Waals surface area (Å²) in [5.74, 6) is 0. The van der Waals surface area contributed by atoms with Crippen LogP contribution in [0.4, 0.5) is 0 Å². The second-order valence-corrected chi connectivity index (χ2v) is 38.6. The molecule has 0 N–H and O–H groups in total. The Labute approximate surface area is 805 Å². The first-order valence-corrected chi connectivity index (χ1v) is 45.2. The average molecular weight is 2470 g/mol. The molecule has 0 unspecified atom stereocenters. The molecule has 0 amide bonds. The molecule has 8 aliphatic rings. The third kappa shape index (κ3) is 13.0. The van der Waals surface area contributed by atoms with E-state index in [0.717, 1.165) is 174 Å². The first kappa shape index (κ1) is 82.4. The normalized spacial score (nSPS) is 13.5. The molecule has 12 aromatic heterocycles. The number of benzene rings is 6. The Bertz CT molecular complexity index is 6650. The third-order valence-corrected chi connectivity index (χ3v) is 32.6. The van der Waals surface area contributed by atoms with Crippen LogP contribution in [-0.2, 0) is 84.3 Å². The van der Waals surface area contributed by atoms with Crippen molar-refractivity contribution >= 4 is 186 Å². The number of nitrogens with zero attached hydrogens (tertiary/aromatic N) is 20. The zero-order chi connectivity index (χ0) is 79.9. The van der Waals surface area contributed by atoms with Crippen LogP contribution in [0.1, 0.15) is 45.6 Å². The molecular formula is C88H52B4N20Pt4S8. The van der Waals surface area contributed by atoms with Crippen LogP contribution in [0.15, 0.2) is 250 Å². The van der Waals surface area contributed by atoms with Gasteiger partial charge in [0.25, 0.3) is 0 Å².